The van der Waals surface area contributed by atoms with Gasteiger partial charge in [-0.3, -0.25) is 9.59 Å². The maximum Gasteiger partial charge on any atom is 0.308 e. The number of hydrogen-bond donors (Lipinski definition) is 1. The number of piperidine rings is 1. The first-order valence-electron chi connectivity index (χ1n) is 5.20. The van der Waals surface area contributed by atoms with Crippen LogP contribution >= 0.6 is 0 Å². The summed E-state index contributed by atoms with van der Waals surface area (Å²) < 4.78 is 0. The molecule has 78 valence electrons. The van der Waals surface area contributed by atoms with Gasteiger partial charge in [-0.05, 0) is 25.7 Å². The number of hydrogen-bond acceptors (Lipinski definition) is 2. The van der Waals surface area contributed by atoms with Gasteiger partial charge in [-0.2, -0.15) is 0 Å². The van der Waals surface area contributed by atoms with Crippen molar-refractivity contribution in [3.63, 3.8) is 0 Å². The number of likely N-dealkylation sites (tertiary alicyclic amines) is 1. The van der Waals surface area contributed by atoms with E-state index in [2.05, 4.69) is 0 Å². The molecular weight excluding hydrogens is 182 g/mol. The van der Waals surface area contributed by atoms with Gasteiger partial charge in [0.05, 0.1) is 5.92 Å². The minimum Gasteiger partial charge on any atom is -0.481 e. The Hall–Kier alpha value is -1.06. The molecule has 4 nitrogen and oxygen atoms in total. The highest BCUT2D eigenvalue weighted by Crippen LogP contribution is 2.32. The van der Waals surface area contributed by atoms with Crippen LogP contribution < -0.4 is 0 Å². The van der Waals surface area contributed by atoms with Crippen molar-refractivity contribution < 1.29 is 14.7 Å². The Morgan fingerprint density at radius 3 is 2.43 bits per heavy atom. The zero-order valence-electron chi connectivity index (χ0n) is 8.11. The lowest BCUT2D eigenvalue weighted by molar-refractivity contribution is -0.146. The van der Waals surface area contributed by atoms with Crippen LogP contribution in [0.2, 0.25) is 0 Å². The van der Waals surface area contributed by atoms with E-state index in [1.165, 1.54) is 0 Å². The van der Waals surface area contributed by atoms with E-state index >= 15 is 0 Å². The summed E-state index contributed by atoms with van der Waals surface area (Å²) in [6, 6.07) is 0. The third-order valence-electron chi connectivity index (χ3n) is 3.01. The van der Waals surface area contributed by atoms with Gasteiger partial charge >= 0.3 is 5.97 Å². The lowest BCUT2D eigenvalue weighted by atomic mass is 9.98. The number of carbonyl (C=O) groups is 2. The first kappa shape index (κ1) is 9.49. The Labute approximate surface area is 82.9 Å². The monoisotopic (exact) mass is 197 g/mol. The summed E-state index contributed by atoms with van der Waals surface area (Å²) >= 11 is 0. The zero-order valence-corrected chi connectivity index (χ0v) is 8.11. The third kappa shape index (κ3) is 1.89. The van der Waals surface area contributed by atoms with E-state index in [9.17, 15) is 9.59 Å². The van der Waals surface area contributed by atoms with E-state index in [1.54, 1.807) is 4.90 Å². The summed E-state index contributed by atoms with van der Waals surface area (Å²) in [6.45, 7) is 1.17. The second kappa shape index (κ2) is 3.59. The lowest BCUT2D eigenvalue weighted by Gasteiger charge is -2.30. The van der Waals surface area contributed by atoms with Crippen LogP contribution in [-0.4, -0.2) is 35.0 Å². The van der Waals surface area contributed by atoms with E-state index in [1.807, 2.05) is 0 Å². The van der Waals surface area contributed by atoms with Crippen LogP contribution in [0, 0.1) is 11.8 Å². The fraction of sp³-hybridized carbons (Fsp3) is 0.800. The highest BCUT2D eigenvalue weighted by molar-refractivity contribution is 5.82. The summed E-state index contributed by atoms with van der Waals surface area (Å²) in [5, 5.41) is 8.85. The maximum atomic E-state index is 11.7. The molecule has 0 radical (unpaired) electrons. The standard InChI is InChI=1S/C10H15NO3/c12-9(7-3-4-7)11-5-1-2-8(6-11)10(13)14/h7-8H,1-6H2,(H,13,14)/t8-/m1/s1. The molecule has 0 bridgehead atoms. The van der Waals surface area contributed by atoms with E-state index in [0.29, 0.717) is 13.0 Å². The summed E-state index contributed by atoms with van der Waals surface area (Å²) in [7, 11) is 0. The van der Waals surface area contributed by atoms with Gasteiger partial charge in [0, 0.05) is 19.0 Å². The summed E-state index contributed by atoms with van der Waals surface area (Å²) in [4.78, 5) is 24.2. The Morgan fingerprint density at radius 2 is 1.86 bits per heavy atom. The maximum absolute atomic E-state index is 11.7. The number of amides is 1. The van der Waals surface area contributed by atoms with Gasteiger partial charge in [0.15, 0.2) is 0 Å². The molecule has 2 fully saturated rings. The molecule has 1 amide bonds. The molecule has 1 saturated heterocycles. The van der Waals surface area contributed by atoms with Crippen molar-refractivity contribution in [2.24, 2.45) is 11.8 Å². The summed E-state index contributed by atoms with van der Waals surface area (Å²) in [5.41, 5.74) is 0. The van der Waals surface area contributed by atoms with Gasteiger partial charge in [-0.25, -0.2) is 0 Å². The molecular formula is C10H15NO3. The van der Waals surface area contributed by atoms with Gasteiger partial charge in [0.25, 0.3) is 0 Å². The number of carbonyl (C=O) groups excluding carboxylic acids is 1. The van der Waals surface area contributed by atoms with Gasteiger partial charge in [0.2, 0.25) is 5.91 Å². The average molecular weight is 197 g/mol. The fourth-order valence-electron chi connectivity index (χ4n) is 1.97. The van der Waals surface area contributed by atoms with Crippen molar-refractivity contribution in [2.75, 3.05) is 13.1 Å². The molecule has 14 heavy (non-hydrogen) atoms. The minimum absolute atomic E-state index is 0.177. The van der Waals surface area contributed by atoms with E-state index in [4.69, 9.17) is 5.11 Å². The van der Waals surface area contributed by atoms with Crippen LogP contribution in [0.15, 0.2) is 0 Å². The highest BCUT2D eigenvalue weighted by atomic mass is 16.4. The number of nitrogens with zero attached hydrogens (tertiary/aromatic N) is 1. The molecule has 1 atom stereocenters. The number of carboxylic acids is 1. The van der Waals surface area contributed by atoms with Gasteiger partial charge < -0.3 is 10.0 Å². The lowest BCUT2D eigenvalue weighted by Crippen LogP contribution is -2.42. The van der Waals surface area contributed by atoms with Crippen LogP contribution in [0.4, 0.5) is 0 Å². The Balaban J connectivity index is 1.92. The van der Waals surface area contributed by atoms with Crippen molar-refractivity contribution in [3.05, 3.63) is 0 Å². The summed E-state index contributed by atoms with van der Waals surface area (Å²) in [5.74, 6) is -0.719. The minimum atomic E-state index is -0.765. The largest absolute Gasteiger partial charge is 0.481 e. The molecule has 0 spiro atoms. The topological polar surface area (TPSA) is 57.6 Å². The number of carboxylic acid groups (broad SMARTS) is 1. The smallest absolute Gasteiger partial charge is 0.308 e. The molecule has 1 heterocycles. The molecule has 1 aliphatic heterocycles. The van der Waals surface area contributed by atoms with Gasteiger partial charge in [0.1, 0.15) is 0 Å². The Bertz CT molecular complexity index is 260. The molecule has 1 saturated carbocycles. The average Bonchev–Trinajstić information content (AvgIpc) is 3.00. The predicted molar refractivity (Wildman–Crippen MR) is 49.7 cm³/mol. The molecule has 0 aromatic carbocycles. The van der Waals surface area contributed by atoms with E-state index < -0.39 is 5.97 Å². The fourth-order valence-corrected chi connectivity index (χ4v) is 1.97. The SMILES string of the molecule is O=C(O)[C@@H]1CCCN(C(=O)C2CC2)C1. The highest BCUT2D eigenvalue weighted by Gasteiger charge is 2.36. The zero-order chi connectivity index (χ0) is 10.1. The van der Waals surface area contributed by atoms with Crippen LogP contribution in [0.1, 0.15) is 25.7 Å². The van der Waals surface area contributed by atoms with Gasteiger partial charge in [-0.15, -0.1) is 0 Å². The molecule has 1 aliphatic carbocycles. The van der Waals surface area contributed by atoms with Crippen molar-refractivity contribution >= 4 is 11.9 Å². The predicted octanol–water partition coefficient (Wildman–Crippen LogP) is 0.720. The molecule has 1 N–H and O–H groups in total. The molecule has 0 aromatic rings. The first-order chi connectivity index (χ1) is 6.68. The second-order valence-electron chi connectivity index (χ2n) is 4.24. The third-order valence-corrected chi connectivity index (χ3v) is 3.01. The van der Waals surface area contributed by atoms with Crippen molar-refractivity contribution in [3.8, 4) is 0 Å². The van der Waals surface area contributed by atoms with Crippen molar-refractivity contribution in [2.45, 2.75) is 25.7 Å². The van der Waals surface area contributed by atoms with Crippen LogP contribution in [0.3, 0.4) is 0 Å². The Kier molecular flexibility index (Phi) is 2.44. The summed E-state index contributed by atoms with van der Waals surface area (Å²) in [6.07, 6.45) is 3.53. The first-order valence-corrected chi connectivity index (χ1v) is 5.20. The van der Waals surface area contributed by atoms with Crippen molar-refractivity contribution in [1.29, 1.82) is 0 Å². The van der Waals surface area contributed by atoms with E-state index in [0.717, 1.165) is 25.8 Å². The molecule has 2 rings (SSSR count). The number of aliphatic carboxylic acids is 1. The normalized spacial score (nSPS) is 27.4. The van der Waals surface area contributed by atoms with Crippen LogP contribution in [0.25, 0.3) is 0 Å². The Morgan fingerprint density at radius 1 is 1.14 bits per heavy atom. The van der Waals surface area contributed by atoms with Crippen LogP contribution in [0.5, 0.6) is 0 Å². The molecule has 0 unspecified atom stereocenters. The number of rotatable bonds is 2. The van der Waals surface area contributed by atoms with E-state index in [-0.39, 0.29) is 17.7 Å². The molecule has 2 aliphatic rings. The van der Waals surface area contributed by atoms with Gasteiger partial charge in [-0.1, -0.05) is 0 Å². The van der Waals surface area contributed by atoms with Crippen molar-refractivity contribution in [1.82, 2.24) is 4.90 Å². The molecule has 4 heteroatoms. The quantitative estimate of drug-likeness (QED) is 0.709. The molecule has 0 aromatic heterocycles. The van der Waals surface area contributed by atoms with Crippen LogP contribution in [-0.2, 0) is 9.59 Å². The second-order valence-corrected chi connectivity index (χ2v) is 4.24.